The summed E-state index contributed by atoms with van der Waals surface area (Å²) in [5.74, 6) is -5.52. The topological polar surface area (TPSA) is 172 Å². The number of methoxy groups -OCH3 is 1. The molecule has 13 heteroatoms. The first-order chi connectivity index (χ1) is 21.9. The monoisotopic (exact) mass is 630 g/mol. The van der Waals surface area contributed by atoms with E-state index in [9.17, 15) is 34.6 Å². The summed E-state index contributed by atoms with van der Waals surface area (Å²) in [5, 5.41) is 22.9. The molecule has 0 N–H and O–H groups in total. The lowest BCUT2D eigenvalue weighted by Crippen LogP contribution is -2.35. The van der Waals surface area contributed by atoms with Crippen molar-refractivity contribution in [3.05, 3.63) is 127 Å². The van der Waals surface area contributed by atoms with E-state index in [-0.39, 0.29) is 34.8 Å². The first kappa shape index (κ1) is 34.9. The minimum atomic E-state index is -1.60. The predicted molar refractivity (Wildman–Crippen MR) is 169 cm³/mol. The van der Waals surface area contributed by atoms with E-state index in [0.717, 1.165) is 19.6 Å². The van der Waals surface area contributed by atoms with Crippen LogP contribution in [0.2, 0.25) is 0 Å². The van der Waals surface area contributed by atoms with Crippen LogP contribution in [0.25, 0.3) is 0 Å². The molecule has 0 aromatic heterocycles. The summed E-state index contributed by atoms with van der Waals surface area (Å²) in [5.41, 5.74) is 0.784. The molecule has 0 fully saturated rings. The van der Waals surface area contributed by atoms with Gasteiger partial charge in [-0.05, 0) is 37.6 Å². The molecule has 0 amide bonds. The molecule has 240 valence electrons. The molecule has 3 aromatic rings. The highest BCUT2D eigenvalue weighted by atomic mass is 16.6. The minimum absolute atomic E-state index is 0.0107. The SMILES string of the molecule is COC(=O)/C(=C(/C)N=Cc1cccc([N+](=O)[O-])c1)C(c1cccc([N+](=O)[O-])c1)C(C(C)=O)C(=O)OCCN(C)Cc1ccccc1. The molecule has 0 radical (unpaired) electrons. The number of nitro benzene ring substituents is 2. The summed E-state index contributed by atoms with van der Waals surface area (Å²) in [4.78, 5) is 68.0. The lowest BCUT2D eigenvalue weighted by Gasteiger charge is -2.27. The highest BCUT2D eigenvalue weighted by Crippen LogP contribution is 2.38. The summed E-state index contributed by atoms with van der Waals surface area (Å²) in [6, 6.07) is 20.5. The maximum Gasteiger partial charge on any atom is 0.336 e. The number of rotatable bonds is 15. The fourth-order valence-electron chi connectivity index (χ4n) is 4.83. The van der Waals surface area contributed by atoms with Crippen LogP contribution in [0, 0.1) is 26.1 Å². The quantitative estimate of drug-likeness (QED) is 0.0553. The second kappa shape index (κ2) is 16.5. The molecule has 3 aromatic carbocycles. The molecule has 0 aliphatic heterocycles. The second-order valence-electron chi connectivity index (χ2n) is 10.4. The molecule has 0 spiro atoms. The summed E-state index contributed by atoms with van der Waals surface area (Å²) in [6.45, 7) is 3.44. The second-order valence-corrected chi connectivity index (χ2v) is 10.4. The molecule has 2 atom stereocenters. The fourth-order valence-corrected chi connectivity index (χ4v) is 4.83. The lowest BCUT2D eigenvalue weighted by molar-refractivity contribution is -0.385. The van der Waals surface area contributed by atoms with Crippen molar-refractivity contribution in [3.8, 4) is 0 Å². The Bertz CT molecular complexity index is 1650. The van der Waals surface area contributed by atoms with Crippen molar-refractivity contribution in [3.63, 3.8) is 0 Å². The van der Waals surface area contributed by atoms with E-state index in [2.05, 4.69) is 4.99 Å². The number of ether oxygens (including phenoxy) is 2. The van der Waals surface area contributed by atoms with E-state index in [1.807, 2.05) is 42.3 Å². The molecule has 13 nitrogen and oxygen atoms in total. The number of non-ortho nitro benzene ring substituents is 2. The van der Waals surface area contributed by atoms with Crippen molar-refractivity contribution in [2.24, 2.45) is 10.9 Å². The number of hydrogen-bond acceptors (Lipinski definition) is 11. The Kier molecular flexibility index (Phi) is 12.5. The van der Waals surface area contributed by atoms with Crippen LogP contribution in [-0.2, 0) is 30.4 Å². The summed E-state index contributed by atoms with van der Waals surface area (Å²) in [7, 11) is 2.95. The number of esters is 2. The number of allylic oxidation sites excluding steroid dienone is 1. The number of carbonyl (C=O) groups excluding carboxylic acids is 3. The average Bonchev–Trinajstić information content (AvgIpc) is 3.03. The Hall–Kier alpha value is -5.56. The van der Waals surface area contributed by atoms with Crippen LogP contribution in [0.3, 0.4) is 0 Å². The molecule has 2 unspecified atom stereocenters. The highest BCUT2D eigenvalue weighted by molar-refractivity contribution is 6.02. The van der Waals surface area contributed by atoms with Crippen LogP contribution >= 0.6 is 0 Å². The van der Waals surface area contributed by atoms with E-state index >= 15 is 0 Å². The highest BCUT2D eigenvalue weighted by Gasteiger charge is 2.41. The molecule has 3 rings (SSSR count). The number of benzene rings is 3. The Labute approximate surface area is 265 Å². The van der Waals surface area contributed by atoms with Gasteiger partial charge >= 0.3 is 11.9 Å². The van der Waals surface area contributed by atoms with Gasteiger partial charge in [-0.25, -0.2) is 4.79 Å². The lowest BCUT2D eigenvalue weighted by atomic mass is 9.77. The van der Waals surface area contributed by atoms with Gasteiger partial charge in [-0.1, -0.05) is 54.6 Å². The number of hydrogen-bond donors (Lipinski definition) is 0. The van der Waals surface area contributed by atoms with Crippen molar-refractivity contribution in [1.29, 1.82) is 0 Å². The molecule has 0 bridgehead atoms. The van der Waals surface area contributed by atoms with Crippen LogP contribution in [0.1, 0.15) is 36.5 Å². The molecule has 0 saturated carbocycles. The van der Waals surface area contributed by atoms with Crippen LogP contribution < -0.4 is 0 Å². The van der Waals surface area contributed by atoms with Crippen molar-refractivity contribution in [2.45, 2.75) is 26.3 Å². The molecule has 46 heavy (non-hydrogen) atoms. The zero-order valence-corrected chi connectivity index (χ0v) is 25.8. The van der Waals surface area contributed by atoms with Crippen molar-refractivity contribution < 1.29 is 33.7 Å². The Morgan fingerprint density at radius 1 is 0.913 bits per heavy atom. The first-order valence-corrected chi connectivity index (χ1v) is 14.1. The van der Waals surface area contributed by atoms with Gasteiger partial charge in [-0.15, -0.1) is 0 Å². The van der Waals surface area contributed by atoms with Gasteiger partial charge in [-0.2, -0.15) is 0 Å². The maximum absolute atomic E-state index is 13.6. The molecular formula is C33H34N4O9. The zero-order chi connectivity index (χ0) is 33.8. The van der Waals surface area contributed by atoms with Crippen molar-refractivity contribution in [2.75, 3.05) is 27.3 Å². The predicted octanol–water partition coefficient (Wildman–Crippen LogP) is 5.03. The minimum Gasteiger partial charge on any atom is -0.466 e. The van der Waals surface area contributed by atoms with Gasteiger partial charge in [0.25, 0.3) is 11.4 Å². The van der Waals surface area contributed by atoms with Crippen LogP contribution in [0.5, 0.6) is 0 Å². The third kappa shape index (κ3) is 9.47. The standard InChI is InChI=1S/C33H34N4O9/c1-22(34-20-25-12-8-14-27(18-25)36(41)42)29(32(39)45-4)31(26-13-9-15-28(19-26)37(43)44)30(23(2)38)33(40)46-17-16-35(3)21-24-10-6-5-7-11-24/h5-15,18-20,30-31H,16-17,21H2,1-4H3/b29-22-,34-20?. The largest absolute Gasteiger partial charge is 0.466 e. The molecule has 0 heterocycles. The van der Waals surface area contributed by atoms with Gasteiger partial charge < -0.3 is 9.47 Å². The third-order valence-electron chi connectivity index (χ3n) is 7.07. The first-order valence-electron chi connectivity index (χ1n) is 14.1. The van der Waals surface area contributed by atoms with Gasteiger partial charge in [0.2, 0.25) is 0 Å². The number of ketones is 1. The number of carbonyl (C=O) groups is 3. The van der Waals surface area contributed by atoms with E-state index in [1.54, 1.807) is 6.07 Å². The van der Waals surface area contributed by atoms with Gasteiger partial charge in [0.15, 0.2) is 0 Å². The Morgan fingerprint density at radius 2 is 1.54 bits per heavy atom. The number of nitro groups is 2. The van der Waals surface area contributed by atoms with Crippen LogP contribution in [0.4, 0.5) is 11.4 Å². The number of likely N-dealkylation sites (N-methyl/N-ethyl adjacent to an activating group) is 1. The average molecular weight is 631 g/mol. The number of Topliss-reactive ketones (excluding diaryl/α,β-unsaturated/α-hetero) is 1. The molecular weight excluding hydrogens is 596 g/mol. The Balaban J connectivity index is 2.04. The van der Waals surface area contributed by atoms with E-state index in [1.165, 1.54) is 55.6 Å². The van der Waals surface area contributed by atoms with Gasteiger partial charge in [0, 0.05) is 55.2 Å². The van der Waals surface area contributed by atoms with Gasteiger partial charge in [0.05, 0.1) is 22.5 Å². The third-order valence-corrected chi connectivity index (χ3v) is 7.07. The van der Waals surface area contributed by atoms with Crippen molar-refractivity contribution in [1.82, 2.24) is 4.90 Å². The van der Waals surface area contributed by atoms with E-state index < -0.39 is 39.4 Å². The smallest absolute Gasteiger partial charge is 0.336 e. The summed E-state index contributed by atoms with van der Waals surface area (Å²) < 4.78 is 10.6. The fraction of sp³-hybridized carbons (Fsp3) is 0.273. The zero-order valence-electron chi connectivity index (χ0n) is 25.8. The van der Waals surface area contributed by atoms with Gasteiger partial charge in [0.1, 0.15) is 18.3 Å². The van der Waals surface area contributed by atoms with E-state index in [4.69, 9.17) is 9.47 Å². The van der Waals surface area contributed by atoms with Crippen LogP contribution in [0.15, 0.2) is 95.1 Å². The molecule has 0 aliphatic carbocycles. The summed E-state index contributed by atoms with van der Waals surface area (Å²) >= 11 is 0. The Morgan fingerprint density at radius 3 is 2.15 bits per heavy atom. The van der Waals surface area contributed by atoms with Crippen LogP contribution in [-0.4, -0.2) is 66.0 Å². The van der Waals surface area contributed by atoms with Crippen molar-refractivity contribution >= 4 is 35.3 Å². The molecule has 0 aliphatic rings. The normalized spacial score (nSPS) is 13.1. The number of nitrogens with zero attached hydrogens (tertiary/aromatic N) is 4. The van der Waals surface area contributed by atoms with E-state index in [0.29, 0.717) is 18.7 Å². The van der Waals surface area contributed by atoms with Gasteiger partial charge in [-0.3, -0.25) is 39.7 Å². The maximum atomic E-state index is 13.6. The molecule has 0 saturated heterocycles. The summed E-state index contributed by atoms with van der Waals surface area (Å²) in [6.07, 6.45) is 1.28. The number of aliphatic imine (C=N–C) groups is 1.